The van der Waals surface area contributed by atoms with Crippen molar-refractivity contribution in [3.63, 3.8) is 0 Å². The van der Waals surface area contributed by atoms with Gasteiger partial charge in [-0.2, -0.15) is 0 Å². The molecule has 25 heavy (non-hydrogen) atoms. The summed E-state index contributed by atoms with van der Waals surface area (Å²) in [5.41, 5.74) is 2.02. The van der Waals surface area contributed by atoms with Gasteiger partial charge in [0, 0.05) is 25.3 Å². The van der Waals surface area contributed by atoms with Gasteiger partial charge in [-0.1, -0.05) is 18.2 Å². The first kappa shape index (κ1) is 17.6. The molecule has 0 radical (unpaired) electrons. The van der Waals surface area contributed by atoms with Crippen LogP contribution in [0.15, 0.2) is 54.7 Å². The lowest BCUT2D eigenvalue weighted by molar-refractivity contribution is 0.182. The van der Waals surface area contributed by atoms with Gasteiger partial charge < -0.3 is 9.67 Å². The summed E-state index contributed by atoms with van der Waals surface area (Å²) in [4.78, 5) is 0. The monoisotopic (exact) mass is 362 g/mol. The zero-order valence-corrected chi connectivity index (χ0v) is 14.5. The van der Waals surface area contributed by atoms with Crippen LogP contribution in [0.5, 0.6) is 0 Å². The fourth-order valence-electron chi connectivity index (χ4n) is 2.73. The first-order chi connectivity index (χ1) is 11.8. The molecule has 0 bridgehead atoms. The van der Waals surface area contributed by atoms with E-state index in [1.807, 2.05) is 36.0 Å². The molecule has 1 atom stereocenters. The number of halogens is 1. The van der Waals surface area contributed by atoms with Crippen LogP contribution in [0.2, 0.25) is 0 Å². The molecule has 0 aliphatic rings. The molecule has 7 heteroatoms. The largest absolute Gasteiger partial charge is 0.387 e. The quantitative estimate of drug-likeness (QED) is 0.708. The van der Waals surface area contributed by atoms with E-state index in [2.05, 4.69) is 4.72 Å². The highest BCUT2D eigenvalue weighted by atomic mass is 32.2. The van der Waals surface area contributed by atoms with E-state index in [1.165, 1.54) is 18.2 Å². The fraction of sp³-hybridized carbons (Fsp3) is 0.222. The molecule has 1 aromatic heterocycles. The molecular formula is C18H19FN2O3S. The number of nitrogens with one attached hydrogen (secondary N) is 1. The van der Waals surface area contributed by atoms with E-state index >= 15 is 0 Å². The first-order valence-electron chi connectivity index (χ1n) is 7.79. The molecule has 1 unspecified atom stereocenters. The molecule has 1 heterocycles. The van der Waals surface area contributed by atoms with Gasteiger partial charge in [0.05, 0.1) is 11.9 Å². The van der Waals surface area contributed by atoms with E-state index in [-0.39, 0.29) is 12.3 Å². The van der Waals surface area contributed by atoms with Crippen molar-refractivity contribution in [1.82, 2.24) is 9.29 Å². The predicted octanol–water partition coefficient (Wildman–Crippen LogP) is 2.47. The smallest absolute Gasteiger partial charge is 0.215 e. The molecule has 0 aliphatic heterocycles. The van der Waals surface area contributed by atoms with Crippen molar-refractivity contribution >= 4 is 20.9 Å². The normalized spacial score (nSPS) is 13.2. The summed E-state index contributed by atoms with van der Waals surface area (Å²) in [5, 5.41) is 11.2. The first-order valence-corrected chi connectivity index (χ1v) is 9.44. The zero-order chi connectivity index (χ0) is 18.0. The summed E-state index contributed by atoms with van der Waals surface area (Å²) >= 11 is 0. The minimum absolute atomic E-state index is 0.143. The van der Waals surface area contributed by atoms with E-state index < -0.39 is 21.9 Å². The molecule has 3 aromatic rings. The number of aliphatic hydroxyl groups is 1. The maximum absolute atomic E-state index is 13.2. The number of hydrogen-bond acceptors (Lipinski definition) is 3. The number of fused-ring (bicyclic) bond motifs is 1. The van der Waals surface area contributed by atoms with Crippen LogP contribution in [-0.4, -0.2) is 24.6 Å². The lowest BCUT2D eigenvalue weighted by Gasteiger charge is -2.13. The van der Waals surface area contributed by atoms with Crippen molar-refractivity contribution in [3.05, 3.63) is 71.7 Å². The Morgan fingerprint density at radius 2 is 2.00 bits per heavy atom. The average molecular weight is 362 g/mol. The van der Waals surface area contributed by atoms with Crippen LogP contribution in [-0.2, 0) is 22.8 Å². The maximum Gasteiger partial charge on any atom is 0.215 e. The summed E-state index contributed by atoms with van der Waals surface area (Å²) < 4.78 is 41.7. The van der Waals surface area contributed by atoms with E-state index in [9.17, 15) is 17.9 Å². The van der Waals surface area contributed by atoms with Gasteiger partial charge in [0.1, 0.15) is 5.82 Å². The summed E-state index contributed by atoms with van der Waals surface area (Å²) in [6.45, 7) is -0.143. The molecule has 0 amide bonds. The highest BCUT2D eigenvalue weighted by molar-refractivity contribution is 7.88. The number of aliphatic hydroxyl groups excluding tert-OH is 1. The maximum atomic E-state index is 13.2. The molecule has 3 rings (SSSR count). The van der Waals surface area contributed by atoms with Crippen LogP contribution < -0.4 is 4.72 Å². The van der Waals surface area contributed by atoms with Crippen molar-refractivity contribution in [2.24, 2.45) is 7.05 Å². The van der Waals surface area contributed by atoms with Crippen molar-refractivity contribution in [3.8, 4) is 0 Å². The predicted molar refractivity (Wildman–Crippen MR) is 94.9 cm³/mol. The van der Waals surface area contributed by atoms with Gasteiger partial charge in [-0.25, -0.2) is 17.5 Å². The number of sulfonamides is 1. The summed E-state index contributed by atoms with van der Waals surface area (Å²) in [6.07, 6.45) is 0.953. The Kier molecular flexibility index (Phi) is 4.89. The summed E-state index contributed by atoms with van der Waals surface area (Å²) in [7, 11) is -1.74. The lowest BCUT2D eigenvalue weighted by Crippen LogP contribution is -2.29. The third kappa shape index (κ3) is 4.25. The van der Waals surface area contributed by atoms with Crippen LogP contribution in [0.3, 0.4) is 0 Å². The Labute approximate surface area is 145 Å². The van der Waals surface area contributed by atoms with Crippen LogP contribution in [0, 0.1) is 5.82 Å². The Balaban J connectivity index is 1.66. The zero-order valence-electron chi connectivity index (χ0n) is 13.7. The number of hydrogen-bond donors (Lipinski definition) is 2. The molecule has 132 valence electrons. The molecule has 5 nitrogen and oxygen atoms in total. The second-order valence-electron chi connectivity index (χ2n) is 6.00. The third-order valence-electron chi connectivity index (χ3n) is 4.04. The van der Waals surface area contributed by atoms with Crippen LogP contribution in [0.1, 0.15) is 17.2 Å². The Hall–Kier alpha value is -2.22. The van der Waals surface area contributed by atoms with Gasteiger partial charge in [0.25, 0.3) is 0 Å². The number of benzene rings is 2. The van der Waals surface area contributed by atoms with E-state index in [1.54, 1.807) is 12.1 Å². The Morgan fingerprint density at radius 1 is 1.20 bits per heavy atom. The van der Waals surface area contributed by atoms with Gasteiger partial charge >= 0.3 is 0 Å². The van der Waals surface area contributed by atoms with Gasteiger partial charge in [-0.3, -0.25) is 0 Å². The topological polar surface area (TPSA) is 71.3 Å². The van der Waals surface area contributed by atoms with Crippen LogP contribution in [0.4, 0.5) is 4.39 Å². The molecule has 0 fully saturated rings. The van der Waals surface area contributed by atoms with Crippen LogP contribution >= 0.6 is 0 Å². The second kappa shape index (κ2) is 6.95. The number of aryl methyl sites for hydroxylation is 1. The molecule has 2 N–H and O–H groups in total. The minimum atomic E-state index is -3.67. The SMILES string of the molecule is Cn1ccc2cc(C(O)CNS(=O)(=O)Cc3cccc(F)c3)ccc21. The molecule has 0 spiro atoms. The molecule has 2 aromatic carbocycles. The van der Waals surface area contributed by atoms with Crippen molar-refractivity contribution in [2.45, 2.75) is 11.9 Å². The molecular weight excluding hydrogens is 343 g/mol. The van der Waals surface area contributed by atoms with Crippen LogP contribution in [0.25, 0.3) is 10.9 Å². The van der Waals surface area contributed by atoms with Gasteiger partial charge in [0.15, 0.2) is 0 Å². The summed E-state index contributed by atoms with van der Waals surface area (Å²) in [5.74, 6) is -0.821. The van der Waals surface area contributed by atoms with E-state index in [4.69, 9.17) is 0 Å². The standard InChI is InChI=1S/C18H19FN2O3S/c1-21-8-7-14-10-15(5-6-17(14)21)18(22)11-20-25(23,24)12-13-3-2-4-16(19)9-13/h2-10,18,20,22H,11-12H2,1H3. The number of rotatable bonds is 6. The fourth-order valence-corrected chi connectivity index (χ4v) is 3.86. The molecule has 0 saturated heterocycles. The highest BCUT2D eigenvalue weighted by Crippen LogP contribution is 2.21. The van der Waals surface area contributed by atoms with Crippen molar-refractivity contribution in [2.75, 3.05) is 6.54 Å². The minimum Gasteiger partial charge on any atom is -0.387 e. The number of aromatic nitrogens is 1. The molecule has 0 aliphatic carbocycles. The van der Waals surface area contributed by atoms with E-state index in [0.29, 0.717) is 11.1 Å². The van der Waals surface area contributed by atoms with E-state index in [0.717, 1.165) is 10.9 Å². The van der Waals surface area contributed by atoms with Crippen molar-refractivity contribution < 1.29 is 17.9 Å². The second-order valence-corrected chi connectivity index (χ2v) is 7.81. The number of nitrogens with zero attached hydrogens (tertiary/aromatic N) is 1. The van der Waals surface area contributed by atoms with Gasteiger partial charge in [-0.05, 0) is 46.8 Å². The van der Waals surface area contributed by atoms with Crippen molar-refractivity contribution in [1.29, 1.82) is 0 Å². The Bertz CT molecular complexity index is 998. The molecule has 0 saturated carbocycles. The average Bonchev–Trinajstić information content (AvgIpc) is 2.93. The highest BCUT2D eigenvalue weighted by Gasteiger charge is 2.16. The Morgan fingerprint density at radius 3 is 2.76 bits per heavy atom. The lowest BCUT2D eigenvalue weighted by atomic mass is 10.1. The summed E-state index contributed by atoms with van der Waals surface area (Å²) in [6, 6.07) is 12.9. The van der Waals surface area contributed by atoms with Gasteiger partial charge in [-0.15, -0.1) is 0 Å². The van der Waals surface area contributed by atoms with Gasteiger partial charge in [0.2, 0.25) is 10.0 Å². The third-order valence-corrected chi connectivity index (χ3v) is 5.36.